The summed E-state index contributed by atoms with van der Waals surface area (Å²) in [7, 11) is 1.81. The lowest BCUT2D eigenvalue weighted by molar-refractivity contribution is -0.169. The molecule has 57 heavy (non-hydrogen) atoms. The van der Waals surface area contributed by atoms with Crippen molar-refractivity contribution in [3.8, 4) is 0 Å². The molecule has 0 saturated carbocycles. The van der Waals surface area contributed by atoms with E-state index in [-0.39, 0.29) is 69.4 Å². The minimum Gasteiger partial charge on any atom is -0.462 e. The van der Waals surface area contributed by atoms with Crippen LogP contribution in [0.4, 0.5) is 0 Å². The van der Waals surface area contributed by atoms with Crippen LogP contribution in [0.25, 0.3) is 0 Å². The number of esters is 3. The summed E-state index contributed by atoms with van der Waals surface area (Å²) in [5.41, 5.74) is -1.09. The first-order valence-electron chi connectivity index (χ1n) is 21.4. The largest absolute Gasteiger partial charge is 0.462 e. The van der Waals surface area contributed by atoms with Gasteiger partial charge in [-0.25, -0.2) is 0 Å². The Morgan fingerprint density at radius 1 is 0.474 bits per heavy atom. The molecule has 2 atom stereocenters. The van der Waals surface area contributed by atoms with Gasteiger partial charge in [0, 0.05) is 95.9 Å². The summed E-state index contributed by atoms with van der Waals surface area (Å²) < 4.78 is 23.3. The monoisotopic (exact) mass is 807 g/mol. The van der Waals surface area contributed by atoms with E-state index in [4.69, 9.17) is 18.9 Å². The Kier molecular flexibility index (Phi) is 15.4. The third kappa shape index (κ3) is 16.5. The highest BCUT2D eigenvalue weighted by Gasteiger charge is 2.45. The molecule has 0 aromatic heterocycles. The first-order valence-corrected chi connectivity index (χ1v) is 21.4. The zero-order chi connectivity index (χ0) is 43.6. The number of hydrogen-bond acceptors (Lipinski definition) is 12. The predicted molar refractivity (Wildman–Crippen MR) is 225 cm³/mol. The molecule has 0 amide bonds. The van der Waals surface area contributed by atoms with Crippen molar-refractivity contribution in [2.75, 3.05) is 7.11 Å². The van der Waals surface area contributed by atoms with Crippen LogP contribution in [-0.2, 0) is 38.1 Å². The van der Waals surface area contributed by atoms with E-state index in [1.165, 1.54) is 0 Å². The van der Waals surface area contributed by atoms with Gasteiger partial charge in [-0.3, -0.25) is 14.4 Å². The molecule has 4 heterocycles. The zero-order valence-electron chi connectivity index (χ0n) is 38.9. The highest BCUT2D eigenvalue weighted by molar-refractivity contribution is 5.85. The summed E-state index contributed by atoms with van der Waals surface area (Å²) in [4.78, 5) is 53.0. The molecule has 0 aromatic rings. The van der Waals surface area contributed by atoms with E-state index in [1.54, 1.807) is 0 Å². The molecule has 4 saturated heterocycles. The number of piperidine rings is 4. The fourth-order valence-corrected chi connectivity index (χ4v) is 11.1. The van der Waals surface area contributed by atoms with Crippen molar-refractivity contribution in [2.24, 2.45) is 11.8 Å². The second-order valence-corrected chi connectivity index (χ2v) is 23.2. The van der Waals surface area contributed by atoms with Gasteiger partial charge in [-0.1, -0.05) is 0 Å². The van der Waals surface area contributed by atoms with Crippen molar-refractivity contribution in [1.82, 2.24) is 21.3 Å². The van der Waals surface area contributed by atoms with Crippen LogP contribution < -0.4 is 21.3 Å². The molecule has 4 fully saturated rings. The van der Waals surface area contributed by atoms with Gasteiger partial charge in [0.25, 0.3) is 0 Å². The first-order chi connectivity index (χ1) is 25.6. The van der Waals surface area contributed by atoms with Gasteiger partial charge in [-0.15, -0.1) is 0 Å². The van der Waals surface area contributed by atoms with Crippen LogP contribution in [0.1, 0.15) is 175 Å². The summed E-state index contributed by atoms with van der Waals surface area (Å²) >= 11 is 0. The van der Waals surface area contributed by atoms with Gasteiger partial charge in [0.2, 0.25) is 0 Å². The van der Waals surface area contributed by atoms with Crippen LogP contribution in [0.15, 0.2) is 0 Å². The summed E-state index contributed by atoms with van der Waals surface area (Å²) in [5.74, 6) is -4.08. The lowest BCUT2D eigenvalue weighted by Gasteiger charge is -2.46. The fraction of sp³-hybridized carbons (Fsp3) is 0.911. The molecule has 0 aromatic carbocycles. The second kappa shape index (κ2) is 17.8. The fourth-order valence-electron chi connectivity index (χ4n) is 11.1. The van der Waals surface area contributed by atoms with Crippen molar-refractivity contribution in [3.63, 3.8) is 0 Å². The van der Waals surface area contributed by atoms with Gasteiger partial charge in [0.1, 0.15) is 24.6 Å². The number of aldehydes is 1. The smallest absolute Gasteiger partial charge is 0.310 e. The van der Waals surface area contributed by atoms with Crippen LogP contribution in [-0.4, -0.2) is 100 Å². The summed E-state index contributed by atoms with van der Waals surface area (Å²) in [6.07, 6.45) is 5.06. The Bertz CT molecular complexity index is 1350. The zero-order valence-corrected chi connectivity index (χ0v) is 38.9. The highest BCUT2D eigenvalue weighted by Crippen LogP contribution is 2.35. The number of hydrogen-bond donors (Lipinski definition) is 4. The molecule has 4 rings (SSSR count). The van der Waals surface area contributed by atoms with Crippen molar-refractivity contribution in [1.29, 1.82) is 0 Å². The second-order valence-electron chi connectivity index (χ2n) is 23.2. The maximum absolute atomic E-state index is 13.8. The highest BCUT2D eigenvalue weighted by atomic mass is 16.6. The number of nitrogens with one attached hydrogen (secondary N) is 4. The Labute approximate surface area is 345 Å². The van der Waals surface area contributed by atoms with Gasteiger partial charge in [-0.2, -0.15) is 0 Å². The first kappa shape index (κ1) is 49.2. The molecule has 0 bridgehead atoms. The minimum atomic E-state index is -1.17. The third-order valence-electron chi connectivity index (χ3n) is 11.6. The van der Waals surface area contributed by atoms with Crippen LogP contribution >= 0.6 is 0 Å². The van der Waals surface area contributed by atoms with E-state index in [1.807, 2.05) is 7.11 Å². The maximum atomic E-state index is 13.8. The number of rotatable bonds is 11. The molecule has 4 aliphatic rings. The average Bonchev–Trinajstić information content (AvgIpc) is 2.92. The van der Waals surface area contributed by atoms with E-state index in [9.17, 15) is 19.2 Å². The molecule has 0 spiro atoms. The van der Waals surface area contributed by atoms with Gasteiger partial charge >= 0.3 is 17.9 Å². The summed E-state index contributed by atoms with van der Waals surface area (Å²) in [6.45, 7) is 33.7. The Hall–Kier alpha value is -2.12. The topological polar surface area (TPSA) is 153 Å². The molecule has 4 aliphatic heterocycles. The Balaban J connectivity index is 0.000000617. The molecule has 330 valence electrons. The van der Waals surface area contributed by atoms with Crippen LogP contribution in [0.5, 0.6) is 0 Å². The van der Waals surface area contributed by atoms with Crippen molar-refractivity contribution < 1.29 is 38.1 Å². The predicted octanol–water partition coefficient (Wildman–Crippen LogP) is 6.70. The molecule has 4 N–H and O–H groups in total. The third-order valence-corrected chi connectivity index (χ3v) is 11.6. The summed E-state index contributed by atoms with van der Waals surface area (Å²) in [6, 6.07) is 0. The van der Waals surface area contributed by atoms with Crippen molar-refractivity contribution in [3.05, 3.63) is 0 Å². The normalized spacial score (nSPS) is 27.4. The number of ether oxygens (including phenoxy) is 4. The van der Waals surface area contributed by atoms with Crippen molar-refractivity contribution >= 4 is 24.2 Å². The number of carbonyl (C=O) groups is 4. The lowest BCUT2D eigenvalue weighted by atomic mass is 9.80. The summed E-state index contributed by atoms with van der Waals surface area (Å²) in [5, 5.41) is 14.3. The van der Waals surface area contributed by atoms with Crippen LogP contribution in [0.2, 0.25) is 0 Å². The van der Waals surface area contributed by atoms with Crippen LogP contribution in [0.3, 0.4) is 0 Å². The minimum absolute atomic E-state index is 0.211. The molecular weight excluding hydrogens is 725 g/mol. The van der Waals surface area contributed by atoms with E-state index < -0.39 is 35.8 Å². The average molecular weight is 807 g/mol. The molecule has 12 heteroatoms. The molecule has 12 nitrogen and oxygen atoms in total. The van der Waals surface area contributed by atoms with Gasteiger partial charge < -0.3 is 45.0 Å². The molecule has 0 radical (unpaired) electrons. The number of carbonyl (C=O) groups excluding carboxylic acids is 4. The SMILES string of the molecule is CC1(C)CC(OC(=O)CC(C=O)C(CC(=O)OC2CC(C)(C)NC(C)(C)C2)C(=O)OC2CC(C)(C)NC(C)(C)C2)CC(C)(C)N1.COC1CC(C)(C)NC(C)(C)C1. The van der Waals surface area contributed by atoms with E-state index in [0.29, 0.717) is 50.9 Å². The molecule has 0 aliphatic carbocycles. The van der Waals surface area contributed by atoms with E-state index in [0.717, 1.165) is 12.8 Å². The molecular formula is C45H82N4O8. The quantitative estimate of drug-likeness (QED) is 0.0999. The van der Waals surface area contributed by atoms with E-state index in [2.05, 4.69) is 132 Å². The number of methoxy groups -OCH3 is 1. The standard InChI is InChI=1S/C35H61N3O7.C10H21NO/c1-30(2)15-23(16-31(3,4)36-30)43-27(40)13-22(21-39)26(29(42)45-25-19-34(9,10)38-35(11,12)20-25)14-28(41)44-24-17-32(5,6)37-33(7,8)18-24;1-9(2)6-8(12-5)7-10(3,4)11-9/h21-26,36-38H,13-20H2,1-12H3;8,11H,6-7H2,1-5H3. The van der Waals surface area contributed by atoms with E-state index >= 15 is 0 Å². The van der Waals surface area contributed by atoms with Gasteiger partial charge in [-0.05, 0) is 124 Å². The van der Waals surface area contributed by atoms with Crippen molar-refractivity contribution in [2.45, 2.75) is 244 Å². The maximum Gasteiger partial charge on any atom is 0.310 e. The van der Waals surface area contributed by atoms with Gasteiger partial charge in [0.15, 0.2) is 0 Å². The Morgan fingerprint density at radius 3 is 1.02 bits per heavy atom. The Morgan fingerprint density at radius 2 is 0.737 bits per heavy atom. The molecule has 2 unspecified atom stereocenters. The lowest BCUT2D eigenvalue weighted by Crippen LogP contribution is -2.60. The van der Waals surface area contributed by atoms with Crippen LogP contribution in [0, 0.1) is 11.8 Å². The van der Waals surface area contributed by atoms with Gasteiger partial charge in [0.05, 0.1) is 24.9 Å².